The zero-order valence-electron chi connectivity index (χ0n) is 16.6. The number of aliphatic hydroxyl groups excluding tert-OH is 1. The fourth-order valence-electron chi connectivity index (χ4n) is 4.59. The van der Waals surface area contributed by atoms with Crippen molar-refractivity contribution in [2.45, 2.75) is 37.6 Å². The molecule has 1 fully saturated rings. The Morgan fingerprint density at radius 3 is 2.84 bits per heavy atom. The van der Waals surface area contributed by atoms with E-state index in [1.165, 1.54) is 6.33 Å². The number of aliphatic hydroxyl groups is 1. The van der Waals surface area contributed by atoms with Crippen molar-refractivity contribution < 1.29 is 9.50 Å². The first-order chi connectivity index (χ1) is 14.9. The van der Waals surface area contributed by atoms with Crippen molar-refractivity contribution in [1.29, 1.82) is 0 Å². The summed E-state index contributed by atoms with van der Waals surface area (Å²) in [5.41, 5.74) is 14.3. The summed E-state index contributed by atoms with van der Waals surface area (Å²) in [6.45, 7) is 0. The van der Waals surface area contributed by atoms with Crippen molar-refractivity contribution in [2.24, 2.45) is 5.92 Å². The Labute approximate surface area is 186 Å². The van der Waals surface area contributed by atoms with Gasteiger partial charge >= 0.3 is 0 Å². The number of pyridine rings is 1. The Bertz CT molecular complexity index is 1280. The molecule has 0 bridgehead atoms. The molecular weight excluding hydrogens is 463 g/mol. The number of fused-ring (bicyclic) bond motifs is 2. The third-order valence-corrected chi connectivity index (χ3v) is 6.91. The van der Waals surface area contributed by atoms with Gasteiger partial charge in [-0.1, -0.05) is 12.1 Å². The van der Waals surface area contributed by atoms with Gasteiger partial charge in [0.15, 0.2) is 0 Å². The lowest BCUT2D eigenvalue weighted by Gasteiger charge is -2.18. The molecular formula is C22H22BrFN6O. The lowest BCUT2D eigenvalue weighted by molar-refractivity contribution is 0.0606. The molecule has 7 nitrogen and oxygen atoms in total. The highest BCUT2D eigenvalue weighted by molar-refractivity contribution is 9.10. The zero-order valence-corrected chi connectivity index (χ0v) is 18.2. The number of nitrogens with zero attached hydrogens (tertiary/aromatic N) is 4. The summed E-state index contributed by atoms with van der Waals surface area (Å²) >= 11 is 3.39. The quantitative estimate of drug-likeness (QED) is 0.405. The summed E-state index contributed by atoms with van der Waals surface area (Å²) < 4.78 is 17.6. The molecule has 3 aromatic heterocycles. The minimum absolute atomic E-state index is 0.254. The fraction of sp³-hybridized carbons (Fsp3) is 0.318. The maximum atomic E-state index is 15.0. The summed E-state index contributed by atoms with van der Waals surface area (Å²) in [5, 5.41) is 12.3. The number of alkyl halides is 1. The standard InChI is InChI=1S/C22H22BrFN6O/c23-15-8-12-3-1-11(7-16(12)29-21(15)26)2-4-13-9-17(19(31)18(13)24)30-6-5-14-20(25)27-10-28-22(14)30/h1,3,5-8,10,13,17-19,31H,2,4,9H2,(H2,26,29)(H2,25,27,28)/t13-,17+,18+,19-/m0/s1. The van der Waals surface area contributed by atoms with Crippen molar-refractivity contribution in [3.05, 3.63) is 52.9 Å². The van der Waals surface area contributed by atoms with E-state index in [4.69, 9.17) is 11.5 Å². The van der Waals surface area contributed by atoms with Crippen LogP contribution in [0.4, 0.5) is 16.0 Å². The maximum absolute atomic E-state index is 15.0. The summed E-state index contributed by atoms with van der Waals surface area (Å²) in [5.74, 6) is 0.566. The number of rotatable bonds is 4. The normalized spacial score (nSPS) is 23.7. The SMILES string of the molecule is Nc1nc2cc(CC[C@H]3C[C@@H](n4ccc5c(N)ncnc54)[C@H](O)[C@@H]3F)ccc2cc1Br. The van der Waals surface area contributed by atoms with Crippen LogP contribution in [0.3, 0.4) is 0 Å². The Morgan fingerprint density at radius 2 is 2.00 bits per heavy atom. The van der Waals surface area contributed by atoms with Gasteiger partial charge in [0.2, 0.25) is 0 Å². The Balaban J connectivity index is 1.34. The van der Waals surface area contributed by atoms with Crippen LogP contribution in [0.1, 0.15) is 24.4 Å². The van der Waals surface area contributed by atoms with Gasteiger partial charge in [-0.2, -0.15) is 0 Å². The smallest absolute Gasteiger partial charge is 0.145 e. The average molecular weight is 485 g/mol. The molecule has 0 saturated heterocycles. The van der Waals surface area contributed by atoms with E-state index in [0.29, 0.717) is 41.9 Å². The van der Waals surface area contributed by atoms with Gasteiger partial charge in [0.1, 0.15) is 35.9 Å². The summed E-state index contributed by atoms with van der Waals surface area (Å²) in [7, 11) is 0. The molecule has 3 heterocycles. The molecule has 0 aliphatic heterocycles. The van der Waals surface area contributed by atoms with E-state index in [2.05, 4.69) is 30.9 Å². The van der Waals surface area contributed by atoms with E-state index < -0.39 is 12.3 Å². The molecule has 1 aromatic carbocycles. The number of nitrogen functional groups attached to an aromatic ring is 2. The lowest BCUT2D eigenvalue weighted by Crippen LogP contribution is -2.26. The number of aryl methyl sites for hydroxylation is 1. The predicted octanol–water partition coefficient (Wildman–Crippen LogP) is 3.80. The highest BCUT2D eigenvalue weighted by Crippen LogP contribution is 2.41. The molecule has 1 saturated carbocycles. The third-order valence-electron chi connectivity index (χ3n) is 6.28. The second kappa shape index (κ2) is 7.72. The summed E-state index contributed by atoms with van der Waals surface area (Å²) in [6.07, 6.45) is 2.65. The predicted molar refractivity (Wildman–Crippen MR) is 122 cm³/mol. The molecule has 4 atom stereocenters. The first-order valence-corrected chi connectivity index (χ1v) is 11.0. The maximum Gasteiger partial charge on any atom is 0.145 e. The van der Waals surface area contributed by atoms with Gasteiger partial charge in [0.25, 0.3) is 0 Å². The van der Waals surface area contributed by atoms with E-state index in [0.717, 1.165) is 20.9 Å². The van der Waals surface area contributed by atoms with E-state index in [1.807, 2.05) is 34.9 Å². The van der Waals surface area contributed by atoms with Crippen molar-refractivity contribution in [3.8, 4) is 0 Å². The van der Waals surface area contributed by atoms with Gasteiger partial charge < -0.3 is 21.1 Å². The molecule has 31 heavy (non-hydrogen) atoms. The van der Waals surface area contributed by atoms with Crippen LogP contribution in [0.25, 0.3) is 21.9 Å². The summed E-state index contributed by atoms with van der Waals surface area (Å²) in [4.78, 5) is 12.7. The van der Waals surface area contributed by atoms with Crippen LogP contribution < -0.4 is 11.5 Å². The molecule has 5 N–H and O–H groups in total. The minimum Gasteiger partial charge on any atom is -0.388 e. The van der Waals surface area contributed by atoms with Gasteiger partial charge in [-0.25, -0.2) is 19.3 Å². The molecule has 0 spiro atoms. The molecule has 0 unspecified atom stereocenters. The molecule has 160 valence electrons. The van der Waals surface area contributed by atoms with Crippen LogP contribution >= 0.6 is 15.9 Å². The Morgan fingerprint density at radius 1 is 1.16 bits per heavy atom. The van der Waals surface area contributed by atoms with Gasteiger partial charge in [-0.15, -0.1) is 0 Å². The minimum atomic E-state index is -1.30. The average Bonchev–Trinajstić information content (AvgIpc) is 3.30. The lowest BCUT2D eigenvalue weighted by atomic mass is 9.96. The Hall–Kier alpha value is -2.78. The van der Waals surface area contributed by atoms with Crippen LogP contribution in [0, 0.1) is 5.92 Å². The van der Waals surface area contributed by atoms with E-state index in [-0.39, 0.29) is 12.0 Å². The van der Waals surface area contributed by atoms with Crippen molar-refractivity contribution in [2.75, 3.05) is 11.5 Å². The third kappa shape index (κ3) is 3.51. The van der Waals surface area contributed by atoms with Crippen LogP contribution in [0.15, 0.2) is 47.3 Å². The number of halogens is 2. The highest BCUT2D eigenvalue weighted by atomic mass is 79.9. The number of hydrogen-bond acceptors (Lipinski definition) is 6. The molecule has 1 aliphatic carbocycles. The second-order valence-electron chi connectivity index (χ2n) is 8.14. The summed E-state index contributed by atoms with van der Waals surface area (Å²) in [6, 6.07) is 9.38. The van der Waals surface area contributed by atoms with Crippen LogP contribution in [0.5, 0.6) is 0 Å². The van der Waals surface area contributed by atoms with Crippen LogP contribution in [-0.2, 0) is 6.42 Å². The molecule has 4 aromatic rings. The number of anilines is 2. The number of nitrogens with two attached hydrogens (primary N) is 2. The van der Waals surface area contributed by atoms with E-state index >= 15 is 4.39 Å². The molecule has 1 aliphatic rings. The molecule has 0 radical (unpaired) electrons. The molecule has 5 rings (SSSR count). The first-order valence-electron chi connectivity index (χ1n) is 10.2. The number of hydrogen-bond donors (Lipinski definition) is 3. The van der Waals surface area contributed by atoms with Crippen molar-refractivity contribution >= 4 is 49.5 Å². The van der Waals surface area contributed by atoms with Gasteiger partial charge in [-0.05, 0) is 64.9 Å². The largest absolute Gasteiger partial charge is 0.388 e. The van der Waals surface area contributed by atoms with Gasteiger partial charge in [-0.3, -0.25) is 0 Å². The van der Waals surface area contributed by atoms with Crippen molar-refractivity contribution in [3.63, 3.8) is 0 Å². The van der Waals surface area contributed by atoms with E-state index in [9.17, 15) is 5.11 Å². The first kappa shape index (κ1) is 20.1. The topological polar surface area (TPSA) is 116 Å². The van der Waals surface area contributed by atoms with Crippen LogP contribution in [0.2, 0.25) is 0 Å². The van der Waals surface area contributed by atoms with Crippen molar-refractivity contribution in [1.82, 2.24) is 19.5 Å². The van der Waals surface area contributed by atoms with E-state index in [1.54, 1.807) is 6.20 Å². The molecule has 0 amide bonds. The van der Waals surface area contributed by atoms with Gasteiger partial charge in [0.05, 0.1) is 21.4 Å². The zero-order chi connectivity index (χ0) is 21.7. The molecule has 9 heteroatoms. The highest BCUT2D eigenvalue weighted by Gasteiger charge is 2.43. The van der Waals surface area contributed by atoms with Crippen LogP contribution in [-0.4, -0.2) is 36.9 Å². The fourth-order valence-corrected chi connectivity index (χ4v) is 4.93. The second-order valence-corrected chi connectivity index (χ2v) is 8.99. The Kier molecular flexibility index (Phi) is 5.02. The van der Waals surface area contributed by atoms with Gasteiger partial charge in [0, 0.05) is 11.6 Å². The monoisotopic (exact) mass is 484 g/mol. The number of aromatic nitrogens is 4. The number of benzene rings is 1.